The van der Waals surface area contributed by atoms with E-state index in [1.165, 1.54) is 5.69 Å². The fourth-order valence-corrected chi connectivity index (χ4v) is 2.20. The number of nitrogens with two attached hydrogens (primary N) is 1. The van der Waals surface area contributed by atoms with Crippen molar-refractivity contribution in [2.75, 3.05) is 12.3 Å². The number of ether oxygens (including phenoxy) is 1. The lowest BCUT2D eigenvalue weighted by molar-refractivity contribution is 0.314. The summed E-state index contributed by atoms with van der Waals surface area (Å²) in [6, 6.07) is 6.08. The van der Waals surface area contributed by atoms with Gasteiger partial charge >= 0.3 is 0 Å². The van der Waals surface area contributed by atoms with Crippen molar-refractivity contribution >= 4 is 5.69 Å². The largest absolute Gasteiger partial charge is 0.493 e. The van der Waals surface area contributed by atoms with Gasteiger partial charge in [0.05, 0.1) is 6.61 Å². The first kappa shape index (κ1) is 14.4. The molecule has 1 heterocycles. The van der Waals surface area contributed by atoms with Gasteiger partial charge in [0.25, 0.3) is 0 Å². The molecule has 0 bridgehead atoms. The Morgan fingerprint density at radius 3 is 2.70 bits per heavy atom. The van der Waals surface area contributed by atoms with Crippen LogP contribution in [0.5, 0.6) is 5.75 Å². The molecule has 0 aliphatic carbocycles. The summed E-state index contributed by atoms with van der Waals surface area (Å²) >= 11 is 0. The SMILES string of the molecule is Cc1cc(OCCc2ccnn2C)c(C(C)C)cc1N. The van der Waals surface area contributed by atoms with Crippen LogP contribution in [-0.4, -0.2) is 16.4 Å². The minimum Gasteiger partial charge on any atom is -0.493 e. The molecule has 0 saturated carbocycles. The summed E-state index contributed by atoms with van der Waals surface area (Å²) in [5.41, 5.74) is 10.2. The zero-order valence-electron chi connectivity index (χ0n) is 12.7. The van der Waals surface area contributed by atoms with Gasteiger partial charge in [-0.1, -0.05) is 13.8 Å². The monoisotopic (exact) mass is 273 g/mol. The van der Waals surface area contributed by atoms with Gasteiger partial charge in [0.15, 0.2) is 0 Å². The topological polar surface area (TPSA) is 53.1 Å². The van der Waals surface area contributed by atoms with Crippen LogP contribution in [0.4, 0.5) is 5.69 Å². The highest BCUT2D eigenvalue weighted by atomic mass is 16.5. The lowest BCUT2D eigenvalue weighted by Gasteiger charge is -2.16. The van der Waals surface area contributed by atoms with Gasteiger partial charge in [-0.15, -0.1) is 0 Å². The van der Waals surface area contributed by atoms with Crippen molar-refractivity contribution in [3.63, 3.8) is 0 Å². The summed E-state index contributed by atoms with van der Waals surface area (Å²) < 4.78 is 7.84. The van der Waals surface area contributed by atoms with E-state index >= 15 is 0 Å². The molecule has 0 aliphatic heterocycles. The molecule has 1 aromatic carbocycles. The van der Waals surface area contributed by atoms with E-state index in [-0.39, 0.29) is 0 Å². The average Bonchev–Trinajstić information content (AvgIpc) is 2.79. The van der Waals surface area contributed by atoms with Crippen LogP contribution in [0.1, 0.15) is 36.6 Å². The van der Waals surface area contributed by atoms with Crippen LogP contribution in [0.25, 0.3) is 0 Å². The second-order valence-electron chi connectivity index (χ2n) is 5.45. The van der Waals surface area contributed by atoms with E-state index in [1.807, 2.05) is 43.0 Å². The number of aromatic nitrogens is 2. The second kappa shape index (κ2) is 5.99. The molecule has 0 fully saturated rings. The third kappa shape index (κ3) is 3.13. The predicted octanol–water partition coefficient (Wildman–Crippen LogP) is 3.06. The summed E-state index contributed by atoms with van der Waals surface area (Å²) in [5.74, 6) is 1.33. The van der Waals surface area contributed by atoms with Crippen LogP contribution in [-0.2, 0) is 13.5 Å². The predicted molar refractivity (Wildman–Crippen MR) is 82.1 cm³/mol. The van der Waals surface area contributed by atoms with Gasteiger partial charge in [0.1, 0.15) is 5.75 Å². The Morgan fingerprint density at radius 2 is 2.10 bits per heavy atom. The van der Waals surface area contributed by atoms with Crippen LogP contribution < -0.4 is 10.5 Å². The summed E-state index contributed by atoms with van der Waals surface area (Å²) in [5, 5.41) is 4.16. The van der Waals surface area contributed by atoms with Crippen molar-refractivity contribution in [1.82, 2.24) is 9.78 Å². The van der Waals surface area contributed by atoms with E-state index in [2.05, 4.69) is 18.9 Å². The smallest absolute Gasteiger partial charge is 0.123 e. The van der Waals surface area contributed by atoms with E-state index in [0.717, 1.165) is 29.0 Å². The van der Waals surface area contributed by atoms with Crippen LogP contribution in [0.15, 0.2) is 24.4 Å². The summed E-state index contributed by atoms with van der Waals surface area (Å²) in [4.78, 5) is 0. The number of hydrogen-bond donors (Lipinski definition) is 1. The standard InChI is InChI=1S/C16H23N3O/c1-11(2)14-10-15(17)12(3)9-16(14)20-8-6-13-5-7-18-19(13)4/h5,7,9-11H,6,8,17H2,1-4H3. The first-order chi connectivity index (χ1) is 9.49. The molecule has 0 unspecified atom stereocenters. The van der Waals surface area contributed by atoms with Crippen molar-refractivity contribution in [3.8, 4) is 5.75 Å². The maximum absolute atomic E-state index is 5.99. The Hall–Kier alpha value is -1.97. The molecular weight excluding hydrogens is 250 g/mol. The van der Waals surface area contributed by atoms with Crippen LogP contribution in [0.2, 0.25) is 0 Å². The van der Waals surface area contributed by atoms with Crippen molar-refractivity contribution in [3.05, 3.63) is 41.2 Å². The summed E-state index contributed by atoms with van der Waals surface area (Å²) in [6.07, 6.45) is 2.65. The molecule has 0 amide bonds. The zero-order chi connectivity index (χ0) is 14.7. The Bertz CT molecular complexity index is 587. The van der Waals surface area contributed by atoms with E-state index in [9.17, 15) is 0 Å². The van der Waals surface area contributed by atoms with Crippen molar-refractivity contribution in [2.45, 2.75) is 33.1 Å². The minimum absolute atomic E-state index is 0.393. The van der Waals surface area contributed by atoms with Gasteiger partial charge in [-0.3, -0.25) is 4.68 Å². The summed E-state index contributed by atoms with van der Waals surface area (Å²) in [7, 11) is 1.95. The number of nitrogens with zero attached hydrogens (tertiary/aromatic N) is 2. The maximum Gasteiger partial charge on any atom is 0.123 e. The highest BCUT2D eigenvalue weighted by molar-refractivity contribution is 5.55. The Morgan fingerprint density at radius 1 is 1.35 bits per heavy atom. The molecule has 4 heteroatoms. The summed E-state index contributed by atoms with van der Waals surface area (Å²) in [6.45, 7) is 6.95. The quantitative estimate of drug-likeness (QED) is 0.852. The lowest BCUT2D eigenvalue weighted by Crippen LogP contribution is -2.08. The number of hydrogen-bond acceptors (Lipinski definition) is 3. The molecule has 0 atom stereocenters. The number of benzene rings is 1. The first-order valence-electron chi connectivity index (χ1n) is 6.98. The van der Waals surface area contributed by atoms with Crippen LogP contribution in [0, 0.1) is 6.92 Å². The fourth-order valence-electron chi connectivity index (χ4n) is 2.20. The Labute approximate surface area is 120 Å². The molecule has 1 aromatic heterocycles. The molecule has 4 nitrogen and oxygen atoms in total. The first-order valence-corrected chi connectivity index (χ1v) is 6.98. The molecule has 0 saturated heterocycles. The number of nitrogen functional groups attached to an aromatic ring is 1. The minimum atomic E-state index is 0.393. The third-order valence-corrected chi connectivity index (χ3v) is 3.56. The van der Waals surface area contributed by atoms with E-state index in [0.29, 0.717) is 12.5 Å². The third-order valence-electron chi connectivity index (χ3n) is 3.56. The molecule has 0 aliphatic rings. The zero-order valence-corrected chi connectivity index (χ0v) is 12.7. The fraction of sp³-hybridized carbons (Fsp3) is 0.438. The molecule has 20 heavy (non-hydrogen) atoms. The molecule has 108 valence electrons. The molecule has 2 N–H and O–H groups in total. The van der Waals surface area contributed by atoms with Crippen LogP contribution >= 0.6 is 0 Å². The molecule has 0 radical (unpaired) electrons. The van der Waals surface area contributed by atoms with Gasteiger partial charge in [0, 0.05) is 31.0 Å². The van der Waals surface area contributed by atoms with Gasteiger partial charge in [0.2, 0.25) is 0 Å². The number of anilines is 1. The van der Waals surface area contributed by atoms with E-state index in [4.69, 9.17) is 10.5 Å². The lowest BCUT2D eigenvalue weighted by atomic mass is 9.99. The van der Waals surface area contributed by atoms with Gasteiger partial charge in [-0.2, -0.15) is 5.10 Å². The van der Waals surface area contributed by atoms with Crippen molar-refractivity contribution < 1.29 is 4.74 Å². The van der Waals surface area contributed by atoms with Crippen molar-refractivity contribution in [2.24, 2.45) is 7.05 Å². The highest BCUT2D eigenvalue weighted by Crippen LogP contribution is 2.31. The van der Waals surface area contributed by atoms with E-state index < -0.39 is 0 Å². The highest BCUT2D eigenvalue weighted by Gasteiger charge is 2.11. The maximum atomic E-state index is 5.99. The Kier molecular flexibility index (Phi) is 4.32. The van der Waals surface area contributed by atoms with Crippen LogP contribution in [0.3, 0.4) is 0 Å². The van der Waals surface area contributed by atoms with Gasteiger partial charge < -0.3 is 10.5 Å². The molecule has 0 spiro atoms. The second-order valence-corrected chi connectivity index (χ2v) is 5.45. The van der Waals surface area contributed by atoms with Gasteiger partial charge in [-0.05, 0) is 42.2 Å². The number of aryl methyl sites for hydroxylation is 2. The molecule has 2 rings (SSSR count). The number of rotatable bonds is 5. The molecular formula is C16H23N3O. The molecule has 2 aromatic rings. The van der Waals surface area contributed by atoms with Crippen molar-refractivity contribution in [1.29, 1.82) is 0 Å². The Balaban J connectivity index is 2.09. The van der Waals surface area contributed by atoms with Gasteiger partial charge in [-0.25, -0.2) is 0 Å². The average molecular weight is 273 g/mol. The van der Waals surface area contributed by atoms with E-state index in [1.54, 1.807) is 0 Å². The normalized spacial score (nSPS) is 11.1.